The number of aromatic carboxylic acids is 1. The third-order valence-corrected chi connectivity index (χ3v) is 6.78. The highest BCUT2D eigenvalue weighted by molar-refractivity contribution is 8.18. The summed E-state index contributed by atoms with van der Waals surface area (Å²) in [6, 6.07) is 14.3. The highest BCUT2D eigenvalue weighted by atomic mass is 32.2. The van der Waals surface area contributed by atoms with Gasteiger partial charge in [0.15, 0.2) is 0 Å². The second-order valence-corrected chi connectivity index (χ2v) is 9.91. The Morgan fingerprint density at radius 1 is 1.11 bits per heavy atom. The fraction of sp³-hybridized carbons (Fsp3) is 0.250. The Kier molecular flexibility index (Phi) is 7.35. The standard InChI is InChI=1S/C28H27NO6S/c1-16(2)21-8-5-17(3)13-24(21)34-12-11-29-26(30)25(36-28(29)33)15-20-7-10-23(35-20)22-9-6-19(27(31)32)14-18(22)4/h5-10,13-16H,11-12H2,1-4H3,(H,31,32)/b25-15-. The molecule has 1 aliphatic rings. The molecular formula is C28H27NO6S. The van der Waals surface area contributed by atoms with Crippen molar-refractivity contribution in [3.63, 3.8) is 0 Å². The number of thioether (sulfide) groups is 1. The van der Waals surface area contributed by atoms with Crippen LogP contribution in [0.2, 0.25) is 0 Å². The fourth-order valence-electron chi connectivity index (χ4n) is 3.96. The number of hydrogen-bond donors (Lipinski definition) is 1. The molecule has 4 rings (SSSR count). The van der Waals surface area contributed by atoms with Crippen molar-refractivity contribution in [3.8, 4) is 17.1 Å². The minimum atomic E-state index is -0.995. The van der Waals surface area contributed by atoms with Crippen LogP contribution in [0.25, 0.3) is 17.4 Å². The summed E-state index contributed by atoms with van der Waals surface area (Å²) in [6.45, 7) is 8.32. The highest BCUT2D eigenvalue weighted by Gasteiger charge is 2.35. The summed E-state index contributed by atoms with van der Waals surface area (Å²) in [5.41, 5.74) is 3.86. The van der Waals surface area contributed by atoms with Gasteiger partial charge in [-0.25, -0.2) is 4.79 Å². The van der Waals surface area contributed by atoms with Crippen LogP contribution in [0.3, 0.4) is 0 Å². The summed E-state index contributed by atoms with van der Waals surface area (Å²) in [7, 11) is 0. The van der Waals surface area contributed by atoms with Crippen LogP contribution in [-0.4, -0.2) is 40.3 Å². The molecular weight excluding hydrogens is 478 g/mol. The van der Waals surface area contributed by atoms with Gasteiger partial charge in [-0.15, -0.1) is 0 Å². The van der Waals surface area contributed by atoms with E-state index in [-0.39, 0.29) is 40.7 Å². The number of ether oxygens (including phenoxy) is 1. The zero-order valence-corrected chi connectivity index (χ0v) is 21.3. The molecule has 0 spiro atoms. The Labute approximate surface area is 213 Å². The van der Waals surface area contributed by atoms with E-state index in [1.807, 2.05) is 25.1 Å². The topological polar surface area (TPSA) is 97.1 Å². The van der Waals surface area contributed by atoms with E-state index >= 15 is 0 Å². The summed E-state index contributed by atoms with van der Waals surface area (Å²) in [5.74, 6) is 0.643. The molecule has 1 fully saturated rings. The van der Waals surface area contributed by atoms with E-state index in [4.69, 9.17) is 14.3 Å². The van der Waals surface area contributed by atoms with Crippen molar-refractivity contribution in [1.29, 1.82) is 0 Å². The average Bonchev–Trinajstić information content (AvgIpc) is 3.38. The number of furan rings is 1. The molecule has 2 heterocycles. The molecule has 0 radical (unpaired) electrons. The number of carbonyl (C=O) groups excluding carboxylic acids is 2. The summed E-state index contributed by atoms with van der Waals surface area (Å²) >= 11 is 0.864. The summed E-state index contributed by atoms with van der Waals surface area (Å²) < 4.78 is 11.8. The molecule has 1 aliphatic heterocycles. The van der Waals surface area contributed by atoms with Gasteiger partial charge < -0.3 is 14.3 Å². The number of nitrogens with zero attached hydrogens (tertiary/aromatic N) is 1. The van der Waals surface area contributed by atoms with Crippen LogP contribution in [0, 0.1) is 13.8 Å². The molecule has 2 aromatic carbocycles. The molecule has 7 nitrogen and oxygen atoms in total. The van der Waals surface area contributed by atoms with Crippen LogP contribution in [0.4, 0.5) is 4.79 Å². The Morgan fingerprint density at radius 2 is 1.89 bits per heavy atom. The molecule has 0 bridgehead atoms. The first-order chi connectivity index (χ1) is 17.1. The zero-order valence-electron chi connectivity index (χ0n) is 20.5. The van der Waals surface area contributed by atoms with Gasteiger partial charge in [-0.1, -0.05) is 32.0 Å². The minimum absolute atomic E-state index is 0.145. The largest absolute Gasteiger partial charge is 0.491 e. The van der Waals surface area contributed by atoms with Gasteiger partial charge in [0.2, 0.25) is 0 Å². The molecule has 0 saturated carbocycles. The van der Waals surface area contributed by atoms with Crippen LogP contribution < -0.4 is 4.74 Å². The van der Waals surface area contributed by atoms with Gasteiger partial charge in [0.25, 0.3) is 11.1 Å². The van der Waals surface area contributed by atoms with Gasteiger partial charge in [0.05, 0.1) is 17.0 Å². The van der Waals surface area contributed by atoms with Crippen molar-refractivity contribution in [2.75, 3.05) is 13.2 Å². The Morgan fingerprint density at radius 3 is 2.58 bits per heavy atom. The zero-order chi connectivity index (χ0) is 26.0. The Hall–Kier alpha value is -3.78. The van der Waals surface area contributed by atoms with Crippen molar-refractivity contribution >= 4 is 35.0 Å². The van der Waals surface area contributed by atoms with E-state index in [1.54, 1.807) is 37.3 Å². The lowest BCUT2D eigenvalue weighted by atomic mass is 10.0. The van der Waals surface area contributed by atoms with Crippen LogP contribution in [-0.2, 0) is 4.79 Å². The van der Waals surface area contributed by atoms with Crippen LogP contribution in [0.1, 0.15) is 52.6 Å². The number of amides is 2. The second-order valence-electron chi connectivity index (χ2n) is 8.91. The molecule has 3 aromatic rings. The number of carboxylic acid groups (broad SMARTS) is 1. The molecule has 2 amide bonds. The Balaban J connectivity index is 1.44. The maximum absolute atomic E-state index is 12.9. The highest BCUT2D eigenvalue weighted by Crippen LogP contribution is 2.34. The number of aryl methyl sites for hydroxylation is 2. The van der Waals surface area contributed by atoms with Gasteiger partial charge in [-0.2, -0.15) is 0 Å². The normalized spacial score (nSPS) is 14.8. The van der Waals surface area contributed by atoms with Gasteiger partial charge in [0, 0.05) is 11.6 Å². The SMILES string of the molecule is Cc1ccc(C(C)C)c(OCCN2C(=O)S/C(=C\c3ccc(-c4ccc(C(=O)O)cc4C)o3)C2=O)c1. The molecule has 0 atom stereocenters. The number of carbonyl (C=O) groups is 3. The predicted molar refractivity (Wildman–Crippen MR) is 139 cm³/mol. The van der Waals surface area contributed by atoms with Gasteiger partial charge in [0.1, 0.15) is 23.9 Å². The first-order valence-corrected chi connectivity index (χ1v) is 12.4. The van der Waals surface area contributed by atoms with Gasteiger partial charge >= 0.3 is 5.97 Å². The molecule has 36 heavy (non-hydrogen) atoms. The minimum Gasteiger partial charge on any atom is -0.491 e. The number of rotatable bonds is 8. The van der Waals surface area contributed by atoms with Crippen molar-refractivity contribution < 1.29 is 28.6 Å². The van der Waals surface area contributed by atoms with E-state index in [0.29, 0.717) is 11.5 Å². The smallest absolute Gasteiger partial charge is 0.335 e. The van der Waals surface area contributed by atoms with Gasteiger partial charge in [-0.05, 0) is 78.5 Å². The van der Waals surface area contributed by atoms with E-state index in [9.17, 15) is 14.4 Å². The molecule has 1 aromatic heterocycles. The van der Waals surface area contributed by atoms with E-state index in [1.165, 1.54) is 11.0 Å². The number of benzene rings is 2. The molecule has 186 valence electrons. The summed E-state index contributed by atoms with van der Waals surface area (Å²) in [6.07, 6.45) is 1.55. The number of imide groups is 1. The lowest BCUT2D eigenvalue weighted by molar-refractivity contribution is -0.123. The predicted octanol–water partition coefficient (Wildman–Crippen LogP) is 6.50. The third-order valence-electron chi connectivity index (χ3n) is 5.88. The molecule has 0 aliphatic carbocycles. The third kappa shape index (κ3) is 5.39. The number of hydrogen-bond acceptors (Lipinski definition) is 6. The van der Waals surface area contributed by atoms with Crippen molar-refractivity contribution in [1.82, 2.24) is 4.90 Å². The lowest BCUT2D eigenvalue weighted by Gasteiger charge is -2.17. The molecule has 1 saturated heterocycles. The Bertz CT molecular complexity index is 1370. The quantitative estimate of drug-likeness (QED) is 0.349. The molecule has 1 N–H and O–H groups in total. The maximum atomic E-state index is 12.9. The lowest BCUT2D eigenvalue weighted by Crippen LogP contribution is -2.32. The first kappa shape index (κ1) is 25.3. The second kappa shape index (κ2) is 10.5. The maximum Gasteiger partial charge on any atom is 0.335 e. The van der Waals surface area contributed by atoms with E-state index < -0.39 is 5.97 Å². The monoisotopic (exact) mass is 505 g/mol. The van der Waals surface area contributed by atoms with Crippen molar-refractivity contribution in [3.05, 3.63) is 81.5 Å². The van der Waals surface area contributed by atoms with E-state index in [2.05, 4.69) is 13.8 Å². The van der Waals surface area contributed by atoms with Crippen LogP contribution >= 0.6 is 11.8 Å². The fourth-order valence-corrected chi connectivity index (χ4v) is 4.81. The number of carboxylic acids is 1. The van der Waals surface area contributed by atoms with E-state index in [0.717, 1.165) is 39.8 Å². The summed E-state index contributed by atoms with van der Waals surface area (Å²) in [5, 5.41) is 8.80. The van der Waals surface area contributed by atoms with Crippen LogP contribution in [0.5, 0.6) is 5.75 Å². The molecule has 8 heteroatoms. The van der Waals surface area contributed by atoms with Gasteiger partial charge in [-0.3, -0.25) is 14.5 Å². The molecule has 0 unspecified atom stereocenters. The average molecular weight is 506 g/mol. The van der Waals surface area contributed by atoms with Crippen molar-refractivity contribution in [2.24, 2.45) is 0 Å². The van der Waals surface area contributed by atoms with Crippen molar-refractivity contribution in [2.45, 2.75) is 33.6 Å². The summed E-state index contributed by atoms with van der Waals surface area (Å²) in [4.78, 5) is 38.0. The van der Waals surface area contributed by atoms with Crippen LogP contribution in [0.15, 0.2) is 57.9 Å². The first-order valence-electron chi connectivity index (χ1n) is 11.6.